The fraction of sp³-hybridized carbons (Fsp3) is 0.389. The van der Waals surface area contributed by atoms with E-state index in [4.69, 9.17) is 10.6 Å². The Morgan fingerprint density at radius 2 is 2.19 bits per heavy atom. The van der Waals surface area contributed by atoms with E-state index in [1.165, 1.54) is 11.7 Å². The normalized spacial score (nSPS) is 13.4. The number of amides is 1. The Labute approximate surface area is 155 Å². The molecule has 2 aromatic rings. The quantitative estimate of drug-likeness (QED) is 0.312. The number of carbonyl (C=O) groups is 1. The number of nitrogen functional groups attached to an aromatic ring is 1. The zero-order valence-electron chi connectivity index (χ0n) is 14.9. The van der Waals surface area contributed by atoms with E-state index in [9.17, 15) is 19.8 Å². The lowest BCUT2D eigenvalue weighted by atomic mass is 10.1. The molecule has 1 aromatic heterocycles. The molecule has 144 valence electrons. The first-order valence-electron chi connectivity index (χ1n) is 8.64. The number of benzene rings is 1. The zero-order chi connectivity index (χ0) is 19.6. The second kappa shape index (κ2) is 7.77. The van der Waals surface area contributed by atoms with Crippen molar-refractivity contribution in [2.45, 2.75) is 32.3 Å². The molecule has 3 rings (SSSR count). The van der Waals surface area contributed by atoms with Crippen molar-refractivity contribution in [1.29, 1.82) is 0 Å². The number of aliphatic hydroxyl groups is 1. The summed E-state index contributed by atoms with van der Waals surface area (Å²) in [5, 5.41) is 19.9. The van der Waals surface area contributed by atoms with Gasteiger partial charge in [-0.3, -0.25) is 19.6 Å². The number of ether oxygens (including phenoxy) is 1. The lowest BCUT2D eigenvalue weighted by Gasteiger charge is -2.19. The average Bonchev–Trinajstić information content (AvgIpc) is 3.50. The van der Waals surface area contributed by atoms with Crippen molar-refractivity contribution in [3.63, 3.8) is 0 Å². The molecule has 0 atom stereocenters. The largest absolute Gasteiger partial charge is 0.495 e. The number of nitrogens with two attached hydrogens (primary N) is 1. The molecule has 0 radical (unpaired) electrons. The van der Waals surface area contributed by atoms with Crippen LogP contribution in [-0.4, -0.2) is 32.8 Å². The summed E-state index contributed by atoms with van der Waals surface area (Å²) in [5.74, 6) is 4.70. The Bertz CT molecular complexity index is 898. The molecule has 1 aliphatic carbocycles. The van der Waals surface area contributed by atoms with Gasteiger partial charge in [0.1, 0.15) is 11.6 Å². The summed E-state index contributed by atoms with van der Waals surface area (Å²) in [5.41, 5.74) is 1.21. The summed E-state index contributed by atoms with van der Waals surface area (Å²) in [6.07, 6.45) is 3.49. The van der Waals surface area contributed by atoms with Crippen LogP contribution >= 0.6 is 0 Å². The highest BCUT2D eigenvalue weighted by molar-refractivity contribution is 5.95. The summed E-state index contributed by atoms with van der Waals surface area (Å²) in [4.78, 5) is 29.2. The van der Waals surface area contributed by atoms with E-state index in [0.717, 1.165) is 19.3 Å². The number of methoxy groups -OCH3 is 1. The first kappa shape index (κ1) is 18.9. The molecule has 1 saturated carbocycles. The van der Waals surface area contributed by atoms with Gasteiger partial charge in [-0.2, -0.15) is 4.98 Å². The number of aliphatic hydroxyl groups excluding tert-OH is 1. The lowest BCUT2D eigenvalue weighted by Crippen LogP contribution is -2.38. The number of rotatable bonds is 7. The monoisotopic (exact) mass is 374 g/mol. The molecule has 0 spiro atoms. The molecule has 0 unspecified atom stereocenters. The van der Waals surface area contributed by atoms with Crippen molar-refractivity contribution < 1.29 is 19.7 Å². The molecule has 1 amide bonds. The third-order valence-electron chi connectivity index (χ3n) is 4.66. The number of hydrogen-bond acceptors (Lipinski definition) is 7. The number of aromatic nitrogens is 2. The third kappa shape index (κ3) is 3.64. The molecule has 9 heteroatoms. The van der Waals surface area contributed by atoms with Gasteiger partial charge in [0, 0.05) is 12.0 Å². The molecule has 5 N–H and O–H groups in total. The van der Waals surface area contributed by atoms with Crippen LogP contribution in [-0.2, 0) is 13.0 Å². The number of hydrazine groups is 1. The molecule has 1 heterocycles. The van der Waals surface area contributed by atoms with Gasteiger partial charge in [-0.15, -0.1) is 0 Å². The zero-order valence-corrected chi connectivity index (χ0v) is 14.9. The van der Waals surface area contributed by atoms with Crippen LogP contribution in [0.3, 0.4) is 0 Å². The number of hydrogen-bond donors (Lipinski definition) is 4. The van der Waals surface area contributed by atoms with Gasteiger partial charge in [0.2, 0.25) is 5.88 Å². The van der Waals surface area contributed by atoms with E-state index in [2.05, 4.69) is 4.98 Å². The highest BCUT2D eigenvalue weighted by Gasteiger charge is 2.27. The summed E-state index contributed by atoms with van der Waals surface area (Å²) < 4.78 is 6.58. The SMILES string of the molecule is COc1cccc(CO)c1-n1c(CCC2CC2)nc(O)c(C(=O)NN)c1=O. The van der Waals surface area contributed by atoms with E-state index in [-0.39, 0.29) is 18.1 Å². The molecule has 9 nitrogen and oxygen atoms in total. The number of para-hydroxylation sites is 1. The Morgan fingerprint density at radius 1 is 1.44 bits per heavy atom. The van der Waals surface area contributed by atoms with Gasteiger partial charge in [-0.25, -0.2) is 5.84 Å². The number of nitrogens with one attached hydrogen (secondary N) is 1. The van der Waals surface area contributed by atoms with Crippen LogP contribution in [0.2, 0.25) is 0 Å². The van der Waals surface area contributed by atoms with E-state index in [1.807, 2.05) is 5.43 Å². The molecule has 27 heavy (non-hydrogen) atoms. The maximum absolute atomic E-state index is 13.1. The van der Waals surface area contributed by atoms with Crippen molar-refractivity contribution >= 4 is 5.91 Å². The summed E-state index contributed by atoms with van der Waals surface area (Å²) >= 11 is 0. The van der Waals surface area contributed by atoms with Crippen molar-refractivity contribution in [3.05, 3.63) is 45.5 Å². The van der Waals surface area contributed by atoms with Gasteiger partial charge in [0.05, 0.1) is 19.4 Å². The Balaban J connectivity index is 2.28. The summed E-state index contributed by atoms with van der Waals surface area (Å²) in [6, 6.07) is 4.97. The smallest absolute Gasteiger partial charge is 0.276 e. The molecule has 0 saturated heterocycles. The molecule has 0 aliphatic heterocycles. The second-order valence-corrected chi connectivity index (χ2v) is 6.45. The first-order chi connectivity index (χ1) is 13.0. The third-order valence-corrected chi connectivity index (χ3v) is 4.66. The van der Waals surface area contributed by atoms with Crippen molar-refractivity contribution in [2.24, 2.45) is 11.8 Å². The topological polar surface area (TPSA) is 140 Å². The molecular weight excluding hydrogens is 352 g/mol. The van der Waals surface area contributed by atoms with Crippen molar-refractivity contribution in [1.82, 2.24) is 15.0 Å². The minimum Gasteiger partial charge on any atom is -0.495 e. The molecule has 1 aliphatic rings. The summed E-state index contributed by atoms with van der Waals surface area (Å²) in [7, 11) is 1.44. The van der Waals surface area contributed by atoms with E-state index in [1.54, 1.807) is 18.2 Å². The van der Waals surface area contributed by atoms with Crippen molar-refractivity contribution in [2.75, 3.05) is 7.11 Å². The molecule has 1 aromatic carbocycles. The highest BCUT2D eigenvalue weighted by atomic mass is 16.5. The van der Waals surface area contributed by atoms with Crippen LogP contribution in [0.25, 0.3) is 5.69 Å². The predicted octanol–water partition coefficient (Wildman–Crippen LogP) is 0.385. The van der Waals surface area contributed by atoms with Gasteiger partial charge >= 0.3 is 0 Å². The van der Waals surface area contributed by atoms with Gasteiger partial charge < -0.3 is 14.9 Å². The van der Waals surface area contributed by atoms with Crippen LogP contribution in [0.4, 0.5) is 0 Å². The molecule has 1 fully saturated rings. The average molecular weight is 374 g/mol. The standard InChI is InChI=1S/C18H22N4O5/c1-27-12-4-2-3-11(9-23)15(12)22-13(8-7-10-5-6-10)20-16(24)14(18(22)26)17(25)21-19/h2-4,10,23-24H,5-9,19H2,1H3,(H,21,25). The maximum atomic E-state index is 13.1. The summed E-state index contributed by atoms with van der Waals surface area (Å²) in [6.45, 7) is -0.347. The Kier molecular flexibility index (Phi) is 5.43. The van der Waals surface area contributed by atoms with Crippen LogP contribution < -0.4 is 21.6 Å². The number of nitrogens with zero attached hydrogens (tertiary/aromatic N) is 2. The fourth-order valence-electron chi connectivity index (χ4n) is 3.08. The van der Waals surface area contributed by atoms with Gasteiger partial charge in [0.15, 0.2) is 5.56 Å². The van der Waals surface area contributed by atoms with E-state index in [0.29, 0.717) is 23.7 Å². The second-order valence-electron chi connectivity index (χ2n) is 6.45. The predicted molar refractivity (Wildman–Crippen MR) is 96.7 cm³/mol. The number of aromatic hydroxyl groups is 1. The molecule has 0 bridgehead atoms. The van der Waals surface area contributed by atoms with E-state index < -0.39 is 22.9 Å². The minimum atomic E-state index is -0.951. The van der Waals surface area contributed by atoms with Crippen molar-refractivity contribution in [3.8, 4) is 17.3 Å². The lowest BCUT2D eigenvalue weighted by molar-refractivity contribution is 0.0948. The van der Waals surface area contributed by atoms with Crippen LogP contribution in [0.15, 0.2) is 23.0 Å². The highest BCUT2D eigenvalue weighted by Crippen LogP contribution is 2.34. The number of aryl methyl sites for hydroxylation is 1. The fourth-order valence-corrected chi connectivity index (χ4v) is 3.08. The Hall–Kier alpha value is -2.91. The maximum Gasteiger partial charge on any atom is 0.276 e. The van der Waals surface area contributed by atoms with Crippen LogP contribution in [0.5, 0.6) is 11.6 Å². The van der Waals surface area contributed by atoms with Crippen LogP contribution in [0.1, 0.15) is 41.0 Å². The minimum absolute atomic E-state index is 0.289. The van der Waals surface area contributed by atoms with E-state index >= 15 is 0 Å². The number of carbonyl (C=O) groups excluding carboxylic acids is 1. The van der Waals surface area contributed by atoms with Gasteiger partial charge in [-0.05, 0) is 18.4 Å². The van der Waals surface area contributed by atoms with Gasteiger partial charge in [-0.1, -0.05) is 25.0 Å². The van der Waals surface area contributed by atoms with Gasteiger partial charge in [0.25, 0.3) is 11.5 Å². The Morgan fingerprint density at radius 3 is 2.78 bits per heavy atom. The first-order valence-corrected chi connectivity index (χ1v) is 8.64. The van der Waals surface area contributed by atoms with Crippen LogP contribution in [0, 0.1) is 5.92 Å². The molecular formula is C18H22N4O5.